The molecule has 5 nitrogen and oxygen atoms in total. The van der Waals surface area contributed by atoms with Crippen LogP contribution in [0, 0.1) is 22.7 Å². The van der Waals surface area contributed by atoms with Gasteiger partial charge < -0.3 is 9.84 Å². The van der Waals surface area contributed by atoms with Crippen molar-refractivity contribution in [2.75, 3.05) is 0 Å². The minimum absolute atomic E-state index is 0.128. The Kier molecular flexibility index (Phi) is 3.49. The molecular weight excluding hydrogens is 320 g/mol. The highest BCUT2D eigenvalue weighted by Gasteiger charge is 2.76. The Labute approximate surface area is 149 Å². The standard InChI is InChI=1S/C20H30O5/c1-13(2)20-15(21)8-11-18(22)17(5)10-6-9-16(3,4)14(17)7-12-19(18,23-20)24-25-20/h8,11,13-14,22H,6-7,9-10,12H2,1-5H3/t14-,17-,18-,19?,20?/m0/s1. The van der Waals surface area contributed by atoms with Gasteiger partial charge in [0.15, 0.2) is 0 Å². The van der Waals surface area contributed by atoms with Gasteiger partial charge in [-0.05, 0) is 42.7 Å². The summed E-state index contributed by atoms with van der Waals surface area (Å²) in [4.78, 5) is 24.0. The molecule has 25 heavy (non-hydrogen) atoms. The summed E-state index contributed by atoms with van der Waals surface area (Å²) < 4.78 is 6.25. The van der Waals surface area contributed by atoms with Gasteiger partial charge in [0.1, 0.15) is 5.60 Å². The average Bonchev–Trinajstić information content (AvgIpc) is 2.88. The van der Waals surface area contributed by atoms with E-state index >= 15 is 0 Å². The van der Waals surface area contributed by atoms with E-state index in [9.17, 15) is 9.90 Å². The van der Waals surface area contributed by atoms with Crippen LogP contribution in [-0.4, -0.2) is 28.1 Å². The van der Waals surface area contributed by atoms with Gasteiger partial charge in [-0.15, -0.1) is 0 Å². The summed E-state index contributed by atoms with van der Waals surface area (Å²) in [6, 6.07) is 0. The van der Waals surface area contributed by atoms with Crippen molar-refractivity contribution in [3.63, 3.8) is 0 Å². The number of ketones is 1. The number of ether oxygens (including phenoxy) is 1. The molecule has 5 atom stereocenters. The summed E-state index contributed by atoms with van der Waals surface area (Å²) in [6.07, 6.45) is 7.56. The molecule has 140 valence electrons. The van der Waals surface area contributed by atoms with Gasteiger partial charge >= 0.3 is 0 Å². The lowest BCUT2D eigenvalue weighted by Crippen LogP contribution is -2.70. The summed E-state index contributed by atoms with van der Waals surface area (Å²) in [5.74, 6) is -2.98. The van der Waals surface area contributed by atoms with Crippen molar-refractivity contribution in [2.24, 2.45) is 22.7 Å². The van der Waals surface area contributed by atoms with Gasteiger partial charge in [0.05, 0.1) is 0 Å². The van der Waals surface area contributed by atoms with Crippen LogP contribution in [-0.2, 0) is 19.3 Å². The number of fused-ring (bicyclic) bond motifs is 3. The Hall–Kier alpha value is -0.750. The van der Waals surface area contributed by atoms with Crippen molar-refractivity contribution in [1.29, 1.82) is 0 Å². The molecule has 5 heteroatoms. The minimum atomic E-state index is -1.46. The summed E-state index contributed by atoms with van der Waals surface area (Å²) >= 11 is 0. The third-order valence-electron chi connectivity index (χ3n) is 7.64. The fourth-order valence-corrected chi connectivity index (χ4v) is 6.11. The van der Waals surface area contributed by atoms with Crippen LogP contribution in [0.1, 0.15) is 66.7 Å². The molecule has 2 aliphatic heterocycles. The molecule has 4 aliphatic rings. The molecule has 0 radical (unpaired) electrons. The van der Waals surface area contributed by atoms with Gasteiger partial charge in [-0.25, -0.2) is 0 Å². The zero-order valence-corrected chi connectivity index (χ0v) is 15.9. The van der Waals surface area contributed by atoms with Crippen molar-refractivity contribution in [3.8, 4) is 0 Å². The third-order valence-corrected chi connectivity index (χ3v) is 7.64. The Balaban J connectivity index is 1.87. The second-order valence-electron chi connectivity index (χ2n) is 9.66. The number of hydrogen-bond donors (Lipinski definition) is 1. The molecule has 1 spiro atoms. The van der Waals surface area contributed by atoms with E-state index < -0.39 is 22.6 Å². The first-order chi connectivity index (χ1) is 11.5. The van der Waals surface area contributed by atoms with E-state index in [2.05, 4.69) is 20.8 Å². The summed E-state index contributed by atoms with van der Waals surface area (Å²) in [7, 11) is 0. The quantitative estimate of drug-likeness (QED) is 0.733. The lowest BCUT2D eigenvalue weighted by Gasteiger charge is -2.63. The number of hydrogen-bond acceptors (Lipinski definition) is 5. The van der Waals surface area contributed by atoms with Crippen molar-refractivity contribution in [1.82, 2.24) is 0 Å². The van der Waals surface area contributed by atoms with Crippen LogP contribution in [0.2, 0.25) is 0 Å². The zero-order chi connectivity index (χ0) is 18.3. The molecule has 3 fully saturated rings. The zero-order valence-electron chi connectivity index (χ0n) is 15.9. The number of aliphatic hydroxyl groups is 1. The topological polar surface area (TPSA) is 65.0 Å². The lowest BCUT2D eigenvalue weighted by atomic mass is 9.45. The molecule has 2 unspecified atom stereocenters. The molecule has 4 rings (SSSR count). The molecular formula is C20H30O5. The second-order valence-corrected chi connectivity index (χ2v) is 9.66. The van der Waals surface area contributed by atoms with Crippen LogP contribution in [0.4, 0.5) is 0 Å². The smallest absolute Gasteiger partial charge is 0.269 e. The molecule has 0 aromatic carbocycles. The van der Waals surface area contributed by atoms with Crippen molar-refractivity contribution >= 4 is 5.78 Å². The van der Waals surface area contributed by atoms with E-state index in [0.717, 1.165) is 25.7 Å². The van der Waals surface area contributed by atoms with Gasteiger partial charge in [-0.3, -0.25) is 4.79 Å². The summed E-state index contributed by atoms with van der Waals surface area (Å²) in [5.41, 5.74) is -1.71. The minimum Gasteiger partial charge on any atom is -0.379 e. The van der Waals surface area contributed by atoms with E-state index in [4.69, 9.17) is 14.5 Å². The Morgan fingerprint density at radius 1 is 1.16 bits per heavy atom. The molecule has 2 heterocycles. The Bertz CT molecular complexity index is 640. The Morgan fingerprint density at radius 3 is 2.56 bits per heavy atom. The van der Waals surface area contributed by atoms with Gasteiger partial charge in [0.2, 0.25) is 11.6 Å². The highest BCUT2D eigenvalue weighted by atomic mass is 17.3. The van der Waals surface area contributed by atoms with E-state index in [1.54, 1.807) is 6.08 Å². The molecule has 2 saturated carbocycles. The van der Waals surface area contributed by atoms with Crippen LogP contribution < -0.4 is 0 Å². The highest BCUT2D eigenvalue weighted by Crippen LogP contribution is 2.67. The van der Waals surface area contributed by atoms with Gasteiger partial charge in [0, 0.05) is 17.8 Å². The Morgan fingerprint density at radius 2 is 1.88 bits per heavy atom. The van der Waals surface area contributed by atoms with Crippen LogP contribution in [0.3, 0.4) is 0 Å². The van der Waals surface area contributed by atoms with E-state index in [0.29, 0.717) is 12.3 Å². The third kappa shape index (κ3) is 1.90. The largest absolute Gasteiger partial charge is 0.379 e. The van der Waals surface area contributed by atoms with Crippen LogP contribution in [0.15, 0.2) is 12.2 Å². The van der Waals surface area contributed by atoms with Gasteiger partial charge in [-0.2, -0.15) is 9.78 Å². The molecule has 2 bridgehead atoms. The monoisotopic (exact) mass is 350 g/mol. The molecule has 0 aromatic heterocycles. The first kappa shape index (κ1) is 17.7. The van der Waals surface area contributed by atoms with E-state index in [1.165, 1.54) is 6.08 Å². The van der Waals surface area contributed by atoms with Gasteiger partial charge in [0.25, 0.3) is 5.79 Å². The summed E-state index contributed by atoms with van der Waals surface area (Å²) in [5, 5.41) is 12.0. The highest BCUT2D eigenvalue weighted by molar-refractivity contribution is 5.96. The molecule has 2 aliphatic carbocycles. The van der Waals surface area contributed by atoms with Crippen LogP contribution in [0.5, 0.6) is 0 Å². The number of rotatable bonds is 1. The van der Waals surface area contributed by atoms with E-state index in [-0.39, 0.29) is 17.1 Å². The predicted octanol–water partition coefficient (Wildman–Crippen LogP) is 3.51. The summed E-state index contributed by atoms with van der Waals surface area (Å²) in [6.45, 7) is 10.4. The normalized spacial score (nSPS) is 51.2. The fourth-order valence-electron chi connectivity index (χ4n) is 6.11. The molecule has 1 saturated heterocycles. The molecule has 1 N–H and O–H groups in total. The molecule has 0 amide bonds. The maximum Gasteiger partial charge on any atom is 0.269 e. The van der Waals surface area contributed by atoms with Crippen molar-refractivity contribution in [3.05, 3.63) is 12.2 Å². The number of carbonyl (C=O) groups is 1. The van der Waals surface area contributed by atoms with Crippen molar-refractivity contribution in [2.45, 2.75) is 83.9 Å². The van der Waals surface area contributed by atoms with Gasteiger partial charge in [-0.1, -0.05) is 41.0 Å². The van der Waals surface area contributed by atoms with Crippen LogP contribution >= 0.6 is 0 Å². The second kappa shape index (κ2) is 4.94. The van der Waals surface area contributed by atoms with E-state index in [1.807, 2.05) is 13.8 Å². The molecule has 0 aromatic rings. The average molecular weight is 350 g/mol. The first-order valence-corrected chi connectivity index (χ1v) is 9.56. The fraction of sp³-hybridized carbons (Fsp3) is 0.850. The first-order valence-electron chi connectivity index (χ1n) is 9.56. The number of carbonyl (C=O) groups excluding carboxylic acids is 1. The van der Waals surface area contributed by atoms with Crippen molar-refractivity contribution < 1.29 is 24.4 Å². The lowest BCUT2D eigenvalue weighted by molar-refractivity contribution is -0.402. The SMILES string of the molecule is CC(C)C12OOC3(CC[C@H]4C(C)(C)CCC[C@]4(C)[C@@]3(O)C=CC1=O)O2. The maximum absolute atomic E-state index is 12.8. The maximum atomic E-state index is 12.8. The predicted molar refractivity (Wildman–Crippen MR) is 91.1 cm³/mol. The van der Waals surface area contributed by atoms with Crippen LogP contribution in [0.25, 0.3) is 0 Å².